The quantitative estimate of drug-likeness (QED) is 0.185. The van der Waals surface area contributed by atoms with E-state index in [1.165, 1.54) is 72.2 Å². The minimum atomic E-state index is -0.0882. The largest absolute Gasteiger partial charge is 0.310 e. The standard InChI is InChI=1S/C48H40N2/c1-47(2)42-20-12-9-17-36(42)39-28-32(23-26-43(39)47)49(34-22-25-37-35-16-8-11-19-41(35)48(3,4)44(37)30-34)33-24-27-46-40(29-33)38-18-10-13-21-45(38)50(46)31-14-6-5-7-15-31/h5-30,36,42H,1-4H3. The molecule has 1 aromatic heterocycles. The lowest BCUT2D eigenvalue weighted by atomic mass is 9.74. The van der Waals surface area contributed by atoms with Crippen LogP contribution < -0.4 is 4.90 Å². The number of nitrogens with zero attached hydrogens (tertiary/aromatic N) is 2. The molecule has 2 atom stereocenters. The lowest BCUT2D eigenvalue weighted by Gasteiger charge is -2.29. The average Bonchev–Trinajstić information content (AvgIpc) is 3.69. The van der Waals surface area contributed by atoms with Crippen molar-refractivity contribution < 1.29 is 0 Å². The van der Waals surface area contributed by atoms with E-state index in [9.17, 15) is 0 Å². The summed E-state index contributed by atoms with van der Waals surface area (Å²) in [6.45, 7) is 9.57. The van der Waals surface area contributed by atoms with E-state index in [4.69, 9.17) is 0 Å². The zero-order valence-electron chi connectivity index (χ0n) is 29.1. The molecule has 3 aliphatic carbocycles. The lowest BCUT2D eigenvalue weighted by Crippen LogP contribution is -2.24. The van der Waals surface area contributed by atoms with E-state index < -0.39 is 0 Å². The number of hydrogen-bond acceptors (Lipinski definition) is 1. The molecule has 242 valence electrons. The van der Waals surface area contributed by atoms with E-state index in [1.54, 1.807) is 0 Å². The second kappa shape index (κ2) is 10.5. The zero-order chi connectivity index (χ0) is 33.8. The van der Waals surface area contributed by atoms with Gasteiger partial charge >= 0.3 is 0 Å². The number of para-hydroxylation sites is 2. The van der Waals surface area contributed by atoms with Gasteiger partial charge in [-0.15, -0.1) is 0 Å². The molecule has 0 saturated carbocycles. The Bertz CT molecular complexity index is 2560. The van der Waals surface area contributed by atoms with Crippen molar-refractivity contribution in [1.82, 2.24) is 4.57 Å². The molecule has 3 aliphatic rings. The van der Waals surface area contributed by atoms with E-state index in [1.807, 2.05) is 0 Å². The Morgan fingerprint density at radius 1 is 0.520 bits per heavy atom. The summed E-state index contributed by atoms with van der Waals surface area (Å²) in [6, 6.07) is 49.9. The fourth-order valence-corrected chi connectivity index (χ4v) is 9.56. The molecule has 2 heteroatoms. The molecule has 0 N–H and O–H groups in total. The summed E-state index contributed by atoms with van der Waals surface area (Å²) in [5.41, 5.74) is 15.5. The molecule has 7 aromatic rings. The Morgan fingerprint density at radius 3 is 2.06 bits per heavy atom. The van der Waals surface area contributed by atoms with Gasteiger partial charge in [-0.05, 0) is 105 Å². The number of benzene rings is 6. The predicted octanol–water partition coefficient (Wildman–Crippen LogP) is 12.7. The predicted molar refractivity (Wildman–Crippen MR) is 211 cm³/mol. The topological polar surface area (TPSA) is 8.17 Å². The van der Waals surface area contributed by atoms with Crippen LogP contribution in [-0.4, -0.2) is 4.57 Å². The van der Waals surface area contributed by atoms with Gasteiger partial charge in [-0.25, -0.2) is 0 Å². The van der Waals surface area contributed by atoms with Gasteiger partial charge in [-0.3, -0.25) is 0 Å². The Morgan fingerprint density at radius 2 is 1.18 bits per heavy atom. The highest BCUT2D eigenvalue weighted by Crippen LogP contribution is 2.55. The smallest absolute Gasteiger partial charge is 0.0542 e. The highest BCUT2D eigenvalue weighted by atomic mass is 15.1. The van der Waals surface area contributed by atoms with E-state index in [2.05, 4.69) is 195 Å². The van der Waals surface area contributed by atoms with Crippen LogP contribution in [0.2, 0.25) is 0 Å². The molecule has 0 aliphatic heterocycles. The number of anilines is 3. The summed E-state index contributed by atoms with van der Waals surface area (Å²) in [5, 5.41) is 2.51. The van der Waals surface area contributed by atoms with Crippen LogP contribution in [-0.2, 0) is 10.8 Å². The summed E-state index contributed by atoms with van der Waals surface area (Å²) < 4.78 is 2.40. The molecule has 0 bridgehead atoms. The molecule has 2 nitrogen and oxygen atoms in total. The zero-order valence-corrected chi connectivity index (χ0v) is 29.1. The van der Waals surface area contributed by atoms with Crippen LogP contribution in [0.5, 0.6) is 0 Å². The first-order valence-electron chi connectivity index (χ1n) is 17.9. The minimum Gasteiger partial charge on any atom is -0.310 e. The molecular formula is C48H40N2. The SMILES string of the molecule is CC1(C)c2ccccc2-c2ccc(N(c3ccc4c(c3)C3C=CC=CC3C4(C)C)c3ccc4c(c3)c3ccccc3n4-c3ccccc3)cc21. The van der Waals surface area contributed by atoms with Crippen molar-refractivity contribution in [2.24, 2.45) is 5.92 Å². The van der Waals surface area contributed by atoms with Crippen LogP contribution >= 0.6 is 0 Å². The van der Waals surface area contributed by atoms with Gasteiger partial charge in [0.1, 0.15) is 0 Å². The second-order valence-corrected chi connectivity index (χ2v) is 15.4. The molecule has 0 radical (unpaired) electrons. The van der Waals surface area contributed by atoms with E-state index in [-0.39, 0.29) is 10.8 Å². The Labute approximate surface area is 294 Å². The summed E-state index contributed by atoms with van der Waals surface area (Å²) in [6.07, 6.45) is 9.28. The average molecular weight is 645 g/mol. The summed E-state index contributed by atoms with van der Waals surface area (Å²) in [5.74, 6) is 0.845. The van der Waals surface area contributed by atoms with Crippen LogP contribution in [0.1, 0.15) is 55.9 Å². The van der Waals surface area contributed by atoms with Crippen molar-refractivity contribution in [3.8, 4) is 16.8 Å². The van der Waals surface area contributed by atoms with Crippen molar-refractivity contribution in [2.45, 2.75) is 44.4 Å². The summed E-state index contributed by atoms with van der Waals surface area (Å²) >= 11 is 0. The maximum absolute atomic E-state index is 2.50. The molecule has 0 amide bonds. The molecule has 0 saturated heterocycles. The van der Waals surface area contributed by atoms with Crippen LogP contribution in [0.4, 0.5) is 17.1 Å². The highest BCUT2D eigenvalue weighted by molar-refractivity contribution is 6.10. The fraction of sp³-hybridized carbons (Fsp3) is 0.167. The van der Waals surface area contributed by atoms with Crippen LogP contribution in [0, 0.1) is 5.92 Å². The maximum Gasteiger partial charge on any atom is 0.0542 e. The molecule has 0 spiro atoms. The van der Waals surface area contributed by atoms with Gasteiger partial charge < -0.3 is 9.47 Å². The minimum absolute atomic E-state index is 0.0756. The van der Waals surface area contributed by atoms with Gasteiger partial charge in [0, 0.05) is 44.9 Å². The number of fused-ring (bicyclic) bond motifs is 9. The van der Waals surface area contributed by atoms with Gasteiger partial charge in [0.25, 0.3) is 0 Å². The fourth-order valence-electron chi connectivity index (χ4n) is 9.56. The normalized spacial score (nSPS) is 19.0. The van der Waals surface area contributed by atoms with E-state index in [0.717, 1.165) is 5.69 Å². The molecule has 10 rings (SSSR count). The first kappa shape index (κ1) is 29.3. The molecule has 6 aromatic carbocycles. The van der Waals surface area contributed by atoms with Gasteiger partial charge in [0.15, 0.2) is 0 Å². The van der Waals surface area contributed by atoms with Gasteiger partial charge in [-0.1, -0.05) is 125 Å². The lowest BCUT2D eigenvalue weighted by molar-refractivity contribution is 0.394. The van der Waals surface area contributed by atoms with Gasteiger partial charge in [-0.2, -0.15) is 0 Å². The number of rotatable bonds is 4. The summed E-state index contributed by atoms with van der Waals surface area (Å²) in [7, 11) is 0. The highest BCUT2D eigenvalue weighted by Gasteiger charge is 2.44. The van der Waals surface area contributed by atoms with Crippen LogP contribution in [0.3, 0.4) is 0 Å². The third-order valence-electron chi connectivity index (χ3n) is 12.1. The molecule has 2 unspecified atom stereocenters. The van der Waals surface area contributed by atoms with Crippen LogP contribution in [0.25, 0.3) is 38.6 Å². The van der Waals surface area contributed by atoms with E-state index >= 15 is 0 Å². The Hall–Kier alpha value is -5.60. The Kier molecular flexibility index (Phi) is 6.13. The van der Waals surface area contributed by atoms with E-state index in [0.29, 0.717) is 11.8 Å². The third kappa shape index (κ3) is 4.02. The van der Waals surface area contributed by atoms with Crippen molar-refractivity contribution in [3.63, 3.8) is 0 Å². The monoisotopic (exact) mass is 644 g/mol. The van der Waals surface area contributed by atoms with Gasteiger partial charge in [0.2, 0.25) is 0 Å². The third-order valence-corrected chi connectivity index (χ3v) is 12.1. The number of allylic oxidation sites excluding steroid dienone is 4. The molecule has 50 heavy (non-hydrogen) atoms. The second-order valence-electron chi connectivity index (χ2n) is 15.4. The molecule has 1 heterocycles. The maximum atomic E-state index is 2.50. The molecular weight excluding hydrogens is 605 g/mol. The Balaban J connectivity index is 1.21. The summed E-state index contributed by atoms with van der Waals surface area (Å²) in [4.78, 5) is 2.50. The van der Waals surface area contributed by atoms with Crippen molar-refractivity contribution >= 4 is 38.9 Å². The van der Waals surface area contributed by atoms with Crippen molar-refractivity contribution in [1.29, 1.82) is 0 Å². The molecule has 0 fully saturated rings. The van der Waals surface area contributed by atoms with Crippen molar-refractivity contribution in [3.05, 3.63) is 180 Å². The first-order valence-corrected chi connectivity index (χ1v) is 17.9. The van der Waals surface area contributed by atoms with Crippen molar-refractivity contribution in [2.75, 3.05) is 4.90 Å². The number of aromatic nitrogens is 1. The first-order chi connectivity index (χ1) is 24.3. The van der Waals surface area contributed by atoms with Crippen LogP contribution in [0.15, 0.2) is 158 Å². The van der Waals surface area contributed by atoms with Gasteiger partial charge in [0.05, 0.1) is 11.0 Å². The number of hydrogen-bond donors (Lipinski definition) is 0.